The van der Waals surface area contributed by atoms with E-state index in [1.807, 2.05) is 61.5 Å². The van der Waals surface area contributed by atoms with E-state index in [2.05, 4.69) is 27.9 Å². The van der Waals surface area contributed by atoms with Gasteiger partial charge in [-0.05, 0) is 47.2 Å². The van der Waals surface area contributed by atoms with Crippen LogP contribution in [0, 0.1) is 3.57 Å². The number of urea groups is 1. The number of carbonyl (C=O) groups excluding carboxylic acids is 1. The molecule has 0 unspecified atom stereocenters. The third kappa shape index (κ3) is 3.96. The van der Waals surface area contributed by atoms with Crippen LogP contribution in [0.5, 0.6) is 0 Å². The van der Waals surface area contributed by atoms with Crippen LogP contribution in [0.2, 0.25) is 0 Å². The van der Waals surface area contributed by atoms with Crippen molar-refractivity contribution in [3.8, 4) is 0 Å². The largest absolute Gasteiger partial charge is 0.322 e. The summed E-state index contributed by atoms with van der Waals surface area (Å²) < 4.78 is 1.04. The van der Waals surface area contributed by atoms with E-state index in [1.54, 1.807) is 4.90 Å². The molecule has 1 N–H and O–H groups in total. The minimum Gasteiger partial charge on any atom is -0.320 e. The first kappa shape index (κ1) is 14.8. The van der Waals surface area contributed by atoms with Gasteiger partial charge in [-0.3, -0.25) is 0 Å². The van der Waals surface area contributed by atoms with Crippen LogP contribution in [-0.2, 0) is 6.54 Å². The quantitative estimate of drug-likeness (QED) is 0.787. The monoisotopic (exact) mass is 380 g/mol. The third-order valence-corrected chi connectivity index (χ3v) is 3.94. The van der Waals surface area contributed by atoms with Crippen LogP contribution in [0.4, 0.5) is 10.5 Å². The van der Waals surface area contributed by atoms with Gasteiger partial charge in [0.15, 0.2) is 0 Å². The second-order valence-electron chi connectivity index (χ2n) is 4.41. The van der Waals surface area contributed by atoms with Crippen LogP contribution in [0.15, 0.2) is 54.6 Å². The van der Waals surface area contributed by atoms with E-state index >= 15 is 0 Å². The third-order valence-electron chi connectivity index (χ3n) is 3.00. The molecule has 2 rings (SSSR count). The standard InChI is InChI=1S/C16H17IN2O/c1-2-19(12-13-8-4-3-5-9-13)16(20)18-15-11-7-6-10-14(15)17/h3-11H,2,12H2,1H3,(H,18,20). The van der Waals surface area contributed by atoms with E-state index < -0.39 is 0 Å². The Hall–Kier alpha value is -1.56. The van der Waals surface area contributed by atoms with Crippen molar-refractivity contribution in [1.29, 1.82) is 0 Å². The van der Waals surface area contributed by atoms with Crippen molar-refractivity contribution >= 4 is 34.3 Å². The summed E-state index contributed by atoms with van der Waals surface area (Å²) in [5.41, 5.74) is 1.98. The second kappa shape index (κ2) is 7.28. The van der Waals surface area contributed by atoms with Gasteiger partial charge in [0, 0.05) is 16.7 Å². The number of halogens is 1. The Morgan fingerprint density at radius 2 is 1.75 bits per heavy atom. The fourth-order valence-corrected chi connectivity index (χ4v) is 2.41. The fraction of sp³-hybridized carbons (Fsp3) is 0.188. The number of amides is 2. The predicted octanol–water partition coefficient (Wildman–Crippen LogP) is 4.35. The van der Waals surface area contributed by atoms with E-state index in [1.165, 1.54) is 0 Å². The highest BCUT2D eigenvalue weighted by Gasteiger charge is 2.13. The van der Waals surface area contributed by atoms with Gasteiger partial charge in [-0.15, -0.1) is 0 Å². The second-order valence-corrected chi connectivity index (χ2v) is 5.57. The van der Waals surface area contributed by atoms with Gasteiger partial charge in [-0.2, -0.15) is 0 Å². The average Bonchev–Trinajstić information content (AvgIpc) is 2.48. The molecule has 2 aromatic rings. The molecular weight excluding hydrogens is 363 g/mol. The summed E-state index contributed by atoms with van der Waals surface area (Å²) >= 11 is 2.22. The predicted molar refractivity (Wildman–Crippen MR) is 90.7 cm³/mol. The maximum absolute atomic E-state index is 12.3. The molecule has 0 bridgehead atoms. The van der Waals surface area contributed by atoms with Crippen LogP contribution in [0.3, 0.4) is 0 Å². The molecule has 0 aromatic heterocycles. The van der Waals surface area contributed by atoms with Crippen LogP contribution in [0.1, 0.15) is 12.5 Å². The lowest BCUT2D eigenvalue weighted by atomic mass is 10.2. The molecule has 0 heterocycles. The topological polar surface area (TPSA) is 32.3 Å². The number of anilines is 1. The van der Waals surface area contributed by atoms with Crippen LogP contribution >= 0.6 is 22.6 Å². The Morgan fingerprint density at radius 3 is 2.40 bits per heavy atom. The minimum absolute atomic E-state index is 0.0690. The number of benzene rings is 2. The number of para-hydroxylation sites is 1. The molecule has 0 fully saturated rings. The molecule has 0 saturated carbocycles. The highest BCUT2D eigenvalue weighted by molar-refractivity contribution is 14.1. The van der Waals surface area contributed by atoms with E-state index in [0.717, 1.165) is 14.8 Å². The first-order chi connectivity index (χ1) is 9.70. The Labute approximate surface area is 133 Å². The van der Waals surface area contributed by atoms with Crippen molar-refractivity contribution in [2.24, 2.45) is 0 Å². The van der Waals surface area contributed by atoms with Gasteiger partial charge in [0.05, 0.1) is 5.69 Å². The molecule has 2 aromatic carbocycles. The highest BCUT2D eigenvalue weighted by atomic mass is 127. The van der Waals surface area contributed by atoms with Crippen molar-refractivity contribution < 1.29 is 4.79 Å². The van der Waals surface area contributed by atoms with Crippen molar-refractivity contribution in [2.45, 2.75) is 13.5 Å². The van der Waals surface area contributed by atoms with Crippen molar-refractivity contribution in [2.75, 3.05) is 11.9 Å². The molecule has 0 aliphatic carbocycles. The summed E-state index contributed by atoms with van der Waals surface area (Å²) in [6.45, 7) is 3.27. The molecule has 0 atom stereocenters. The first-order valence-electron chi connectivity index (χ1n) is 6.55. The molecule has 0 radical (unpaired) electrons. The summed E-state index contributed by atoms with van der Waals surface area (Å²) in [4.78, 5) is 14.1. The molecular formula is C16H17IN2O. The summed E-state index contributed by atoms with van der Waals surface area (Å²) in [6.07, 6.45) is 0. The summed E-state index contributed by atoms with van der Waals surface area (Å²) in [6, 6.07) is 17.7. The summed E-state index contributed by atoms with van der Waals surface area (Å²) in [5, 5.41) is 2.96. The van der Waals surface area contributed by atoms with Gasteiger partial charge < -0.3 is 10.2 Å². The Morgan fingerprint density at radius 1 is 1.10 bits per heavy atom. The molecule has 104 valence electrons. The van der Waals surface area contributed by atoms with Gasteiger partial charge in [0.2, 0.25) is 0 Å². The smallest absolute Gasteiger partial charge is 0.320 e. The lowest BCUT2D eigenvalue weighted by molar-refractivity contribution is 0.212. The van der Waals surface area contributed by atoms with Crippen molar-refractivity contribution in [3.05, 3.63) is 63.7 Å². The Kier molecular flexibility index (Phi) is 5.40. The first-order valence-corrected chi connectivity index (χ1v) is 7.63. The van der Waals surface area contributed by atoms with Crippen molar-refractivity contribution in [1.82, 2.24) is 4.90 Å². The summed E-state index contributed by atoms with van der Waals surface area (Å²) in [7, 11) is 0. The normalized spacial score (nSPS) is 10.1. The lowest BCUT2D eigenvalue weighted by Gasteiger charge is -2.22. The van der Waals surface area contributed by atoms with Crippen LogP contribution in [0.25, 0.3) is 0 Å². The zero-order valence-corrected chi connectivity index (χ0v) is 13.5. The number of carbonyl (C=O) groups is 1. The maximum Gasteiger partial charge on any atom is 0.322 e. The van der Waals surface area contributed by atoms with E-state index in [-0.39, 0.29) is 6.03 Å². The zero-order valence-electron chi connectivity index (χ0n) is 11.3. The number of hydrogen-bond acceptors (Lipinski definition) is 1. The Balaban J connectivity index is 2.04. The molecule has 20 heavy (non-hydrogen) atoms. The van der Waals surface area contributed by atoms with Gasteiger partial charge in [0.1, 0.15) is 0 Å². The van der Waals surface area contributed by atoms with Crippen LogP contribution < -0.4 is 5.32 Å². The number of nitrogens with one attached hydrogen (secondary N) is 1. The lowest BCUT2D eigenvalue weighted by Crippen LogP contribution is -2.34. The maximum atomic E-state index is 12.3. The molecule has 0 spiro atoms. The SMILES string of the molecule is CCN(Cc1ccccc1)C(=O)Nc1ccccc1I. The molecule has 4 heteroatoms. The molecule has 0 aliphatic rings. The number of nitrogens with zero attached hydrogens (tertiary/aromatic N) is 1. The molecule has 2 amide bonds. The zero-order chi connectivity index (χ0) is 14.4. The molecule has 3 nitrogen and oxygen atoms in total. The van der Waals surface area contributed by atoms with E-state index in [4.69, 9.17) is 0 Å². The Bertz CT molecular complexity index is 572. The van der Waals surface area contributed by atoms with Gasteiger partial charge in [-0.25, -0.2) is 4.79 Å². The molecule has 0 aliphatic heterocycles. The van der Waals surface area contributed by atoms with E-state index in [9.17, 15) is 4.79 Å². The highest BCUT2D eigenvalue weighted by Crippen LogP contribution is 2.17. The van der Waals surface area contributed by atoms with Crippen molar-refractivity contribution in [3.63, 3.8) is 0 Å². The van der Waals surface area contributed by atoms with E-state index in [0.29, 0.717) is 13.1 Å². The van der Waals surface area contributed by atoms with Gasteiger partial charge >= 0.3 is 6.03 Å². The minimum atomic E-state index is -0.0690. The molecule has 0 saturated heterocycles. The summed E-state index contributed by atoms with van der Waals surface area (Å²) in [5.74, 6) is 0. The fourth-order valence-electron chi connectivity index (χ4n) is 1.89. The van der Waals surface area contributed by atoms with Crippen LogP contribution in [-0.4, -0.2) is 17.5 Å². The number of rotatable bonds is 4. The number of hydrogen-bond donors (Lipinski definition) is 1. The average molecular weight is 380 g/mol. The van der Waals surface area contributed by atoms with Gasteiger partial charge in [-0.1, -0.05) is 42.5 Å². The van der Waals surface area contributed by atoms with Gasteiger partial charge in [0.25, 0.3) is 0 Å².